The van der Waals surface area contributed by atoms with E-state index in [0.717, 1.165) is 12.3 Å². The zero-order valence-electron chi connectivity index (χ0n) is 7.72. The maximum Gasteiger partial charge on any atom is 0.136 e. The number of carbonyl (C=O) groups is 1. The van der Waals surface area contributed by atoms with Gasteiger partial charge < -0.3 is 0 Å². The largest absolute Gasteiger partial charge is 0.299 e. The van der Waals surface area contributed by atoms with E-state index in [1.165, 1.54) is 44.9 Å². The smallest absolute Gasteiger partial charge is 0.136 e. The zero-order chi connectivity index (χ0) is 8.39. The molecule has 2 rings (SSSR count). The third-order valence-electron chi connectivity index (χ3n) is 3.57. The first-order valence-electron chi connectivity index (χ1n) is 5.40. The van der Waals surface area contributed by atoms with Crippen LogP contribution in [-0.2, 0) is 4.79 Å². The van der Waals surface area contributed by atoms with Crippen molar-refractivity contribution in [2.45, 2.75) is 51.4 Å². The Morgan fingerprint density at radius 1 is 0.917 bits per heavy atom. The van der Waals surface area contributed by atoms with Crippen molar-refractivity contribution in [3.8, 4) is 0 Å². The van der Waals surface area contributed by atoms with Crippen LogP contribution in [0.1, 0.15) is 51.4 Å². The van der Waals surface area contributed by atoms with Gasteiger partial charge in [-0.1, -0.05) is 19.3 Å². The fraction of sp³-hybridized carbons (Fsp3) is 0.909. The standard InChI is InChI=1S/C11H18O/c12-11-8-4-6-9-5-2-1-3-7-10(9)11/h9-10H,1-8H2/t9-,10-/m0/s1. The van der Waals surface area contributed by atoms with E-state index in [-0.39, 0.29) is 0 Å². The highest BCUT2D eigenvalue weighted by Gasteiger charge is 2.31. The Labute approximate surface area is 74.5 Å². The van der Waals surface area contributed by atoms with Crippen molar-refractivity contribution < 1.29 is 4.79 Å². The lowest BCUT2D eigenvalue weighted by Crippen LogP contribution is -2.27. The molecule has 68 valence electrons. The van der Waals surface area contributed by atoms with Crippen LogP contribution in [0.3, 0.4) is 0 Å². The second kappa shape index (κ2) is 3.59. The molecule has 2 aliphatic rings. The molecule has 0 heterocycles. The van der Waals surface area contributed by atoms with Gasteiger partial charge in [0.2, 0.25) is 0 Å². The van der Waals surface area contributed by atoms with Gasteiger partial charge in [-0.05, 0) is 31.6 Å². The van der Waals surface area contributed by atoms with Gasteiger partial charge in [-0.3, -0.25) is 4.79 Å². The van der Waals surface area contributed by atoms with Crippen LogP contribution in [-0.4, -0.2) is 5.78 Å². The Morgan fingerprint density at radius 2 is 1.67 bits per heavy atom. The first-order chi connectivity index (χ1) is 5.88. The molecule has 0 aromatic rings. The molecule has 1 nitrogen and oxygen atoms in total. The molecule has 2 atom stereocenters. The Morgan fingerprint density at radius 3 is 2.58 bits per heavy atom. The van der Waals surface area contributed by atoms with Gasteiger partial charge in [-0.2, -0.15) is 0 Å². The monoisotopic (exact) mass is 166 g/mol. The fourth-order valence-corrected chi connectivity index (χ4v) is 2.88. The molecule has 0 radical (unpaired) electrons. The normalized spacial score (nSPS) is 37.2. The molecule has 1 heteroatoms. The molecule has 0 spiro atoms. The second-order valence-electron chi connectivity index (χ2n) is 4.36. The van der Waals surface area contributed by atoms with Gasteiger partial charge in [0, 0.05) is 12.3 Å². The third-order valence-corrected chi connectivity index (χ3v) is 3.57. The van der Waals surface area contributed by atoms with Crippen molar-refractivity contribution in [1.82, 2.24) is 0 Å². The van der Waals surface area contributed by atoms with Crippen LogP contribution in [0.4, 0.5) is 0 Å². The molecule has 2 aliphatic carbocycles. The van der Waals surface area contributed by atoms with Crippen LogP contribution >= 0.6 is 0 Å². The van der Waals surface area contributed by atoms with Crippen molar-refractivity contribution in [3.63, 3.8) is 0 Å². The summed E-state index contributed by atoms with van der Waals surface area (Å²) in [6, 6.07) is 0. The van der Waals surface area contributed by atoms with Crippen LogP contribution in [0.25, 0.3) is 0 Å². The summed E-state index contributed by atoms with van der Waals surface area (Å²) in [5.74, 6) is 1.82. The van der Waals surface area contributed by atoms with Crippen molar-refractivity contribution in [3.05, 3.63) is 0 Å². The predicted molar refractivity (Wildman–Crippen MR) is 48.9 cm³/mol. The SMILES string of the molecule is O=C1CCC[C@@H]2CCCCC[C@H]12. The first-order valence-corrected chi connectivity index (χ1v) is 5.40. The predicted octanol–water partition coefficient (Wildman–Crippen LogP) is 2.94. The number of hydrogen-bond donors (Lipinski definition) is 0. The summed E-state index contributed by atoms with van der Waals surface area (Å²) in [4.78, 5) is 11.6. The molecular weight excluding hydrogens is 148 g/mol. The van der Waals surface area contributed by atoms with E-state index in [2.05, 4.69) is 0 Å². The van der Waals surface area contributed by atoms with Gasteiger partial charge in [0.05, 0.1) is 0 Å². The first kappa shape index (κ1) is 8.28. The van der Waals surface area contributed by atoms with E-state index in [0.29, 0.717) is 11.7 Å². The molecule has 2 saturated carbocycles. The van der Waals surface area contributed by atoms with Gasteiger partial charge in [0.25, 0.3) is 0 Å². The van der Waals surface area contributed by atoms with Crippen LogP contribution in [0.15, 0.2) is 0 Å². The van der Waals surface area contributed by atoms with Crippen molar-refractivity contribution in [2.24, 2.45) is 11.8 Å². The quantitative estimate of drug-likeness (QED) is 0.540. The summed E-state index contributed by atoms with van der Waals surface area (Å²) >= 11 is 0. The Hall–Kier alpha value is -0.330. The number of ketones is 1. The molecule has 0 aromatic heterocycles. The number of hydrogen-bond acceptors (Lipinski definition) is 1. The maximum absolute atomic E-state index is 11.6. The Kier molecular flexibility index (Phi) is 2.48. The van der Waals surface area contributed by atoms with Crippen molar-refractivity contribution in [2.75, 3.05) is 0 Å². The van der Waals surface area contributed by atoms with Crippen LogP contribution in [0.5, 0.6) is 0 Å². The van der Waals surface area contributed by atoms with E-state index in [9.17, 15) is 4.79 Å². The molecule has 12 heavy (non-hydrogen) atoms. The van der Waals surface area contributed by atoms with E-state index in [1.807, 2.05) is 0 Å². The van der Waals surface area contributed by atoms with Gasteiger partial charge >= 0.3 is 0 Å². The minimum Gasteiger partial charge on any atom is -0.299 e. The Bertz CT molecular complexity index is 174. The summed E-state index contributed by atoms with van der Waals surface area (Å²) < 4.78 is 0. The van der Waals surface area contributed by atoms with Crippen LogP contribution < -0.4 is 0 Å². The second-order valence-corrected chi connectivity index (χ2v) is 4.36. The number of Topliss-reactive ketones (excluding diaryl/α,β-unsaturated/α-hetero) is 1. The number of rotatable bonds is 0. The maximum atomic E-state index is 11.6. The van der Waals surface area contributed by atoms with E-state index in [4.69, 9.17) is 0 Å². The molecule has 0 N–H and O–H groups in total. The zero-order valence-corrected chi connectivity index (χ0v) is 7.72. The van der Waals surface area contributed by atoms with E-state index in [1.54, 1.807) is 0 Å². The number of carbonyl (C=O) groups excluding carboxylic acids is 1. The Balaban J connectivity index is 2.05. The highest BCUT2D eigenvalue weighted by molar-refractivity contribution is 5.82. The van der Waals surface area contributed by atoms with Gasteiger partial charge in [0.15, 0.2) is 0 Å². The van der Waals surface area contributed by atoms with Crippen molar-refractivity contribution in [1.29, 1.82) is 0 Å². The summed E-state index contributed by atoms with van der Waals surface area (Å²) in [6.45, 7) is 0. The minimum absolute atomic E-state index is 0.473. The summed E-state index contributed by atoms with van der Waals surface area (Å²) in [5.41, 5.74) is 0. The molecule has 0 bridgehead atoms. The molecular formula is C11H18O. The highest BCUT2D eigenvalue weighted by atomic mass is 16.1. The summed E-state index contributed by atoms with van der Waals surface area (Å²) in [5, 5.41) is 0. The minimum atomic E-state index is 0.473. The van der Waals surface area contributed by atoms with Crippen molar-refractivity contribution >= 4 is 5.78 Å². The highest BCUT2D eigenvalue weighted by Crippen LogP contribution is 2.37. The topological polar surface area (TPSA) is 17.1 Å². The molecule has 0 saturated heterocycles. The lowest BCUT2D eigenvalue weighted by molar-refractivity contribution is -0.126. The van der Waals surface area contributed by atoms with Gasteiger partial charge in [-0.15, -0.1) is 0 Å². The van der Waals surface area contributed by atoms with Gasteiger partial charge in [-0.25, -0.2) is 0 Å². The van der Waals surface area contributed by atoms with E-state index >= 15 is 0 Å². The lowest BCUT2D eigenvalue weighted by Gasteiger charge is -2.28. The molecule has 2 fully saturated rings. The molecule has 0 aromatic carbocycles. The van der Waals surface area contributed by atoms with Crippen LogP contribution in [0.2, 0.25) is 0 Å². The molecule has 0 amide bonds. The van der Waals surface area contributed by atoms with Crippen LogP contribution in [0, 0.1) is 11.8 Å². The fourth-order valence-electron chi connectivity index (χ4n) is 2.88. The average Bonchev–Trinajstić information content (AvgIpc) is 2.30. The number of fused-ring (bicyclic) bond motifs is 1. The van der Waals surface area contributed by atoms with E-state index < -0.39 is 0 Å². The van der Waals surface area contributed by atoms with Gasteiger partial charge in [0.1, 0.15) is 5.78 Å². The average molecular weight is 166 g/mol. The lowest BCUT2D eigenvalue weighted by atomic mass is 9.76. The summed E-state index contributed by atoms with van der Waals surface area (Å²) in [7, 11) is 0. The molecule has 0 unspecified atom stereocenters. The summed E-state index contributed by atoms with van der Waals surface area (Å²) in [6.07, 6.45) is 9.93. The molecule has 0 aliphatic heterocycles. The third kappa shape index (κ3) is 1.55.